The maximum absolute atomic E-state index is 14.8. The summed E-state index contributed by atoms with van der Waals surface area (Å²) < 4.78 is 71.4. The highest BCUT2D eigenvalue weighted by molar-refractivity contribution is 7.92. The van der Waals surface area contributed by atoms with Gasteiger partial charge in [-0.25, -0.2) is 17.2 Å². The Kier molecular flexibility index (Phi) is 5.81. The van der Waals surface area contributed by atoms with E-state index in [2.05, 4.69) is 14.9 Å². The average molecular weight is 519 g/mol. The van der Waals surface area contributed by atoms with Crippen LogP contribution < -0.4 is 14.2 Å². The van der Waals surface area contributed by atoms with Crippen molar-refractivity contribution in [1.82, 2.24) is 14.8 Å². The van der Waals surface area contributed by atoms with Crippen molar-refractivity contribution in [3.8, 4) is 34.0 Å². The summed E-state index contributed by atoms with van der Waals surface area (Å²) in [6.07, 6.45) is 1.46. The highest BCUT2D eigenvalue weighted by Gasteiger charge is 2.27. The standard InChI is InChI=1S/C23H17ClF2N4O4S/c1-33-22-16(24)8-13-9-21(22)35(31,32)29-19-10-15(17(25)11-18(19)26)14-4-2-3-5-20(14)34-7-6-30-12-27-28-23(13)30/h2-5,8-12,29H,6-7H2,1H3. The van der Waals surface area contributed by atoms with Gasteiger partial charge in [0.15, 0.2) is 11.6 Å². The number of benzene rings is 3. The quantitative estimate of drug-likeness (QED) is 0.391. The van der Waals surface area contributed by atoms with Gasteiger partial charge in [-0.3, -0.25) is 4.72 Å². The van der Waals surface area contributed by atoms with Crippen LogP contribution in [0.1, 0.15) is 0 Å². The molecule has 1 aliphatic heterocycles. The Balaban J connectivity index is 1.77. The fraction of sp³-hybridized carbons (Fsp3) is 0.130. The van der Waals surface area contributed by atoms with Gasteiger partial charge >= 0.3 is 0 Å². The summed E-state index contributed by atoms with van der Waals surface area (Å²) in [4.78, 5) is -0.353. The lowest BCUT2D eigenvalue weighted by Crippen LogP contribution is -2.16. The number of para-hydroxylation sites is 1. The number of fused-ring (bicyclic) bond motifs is 8. The number of hydrogen-bond donors (Lipinski definition) is 1. The molecule has 2 heterocycles. The fourth-order valence-corrected chi connectivity index (χ4v) is 5.47. The molecule has 0 saturated carbocycles. The molecule has 12 heteroatoms. The predicted molar refractivity (Wildman–Crippen MR) is 125 cm³/mol. The summed E-state index contributed by atoms with van der Waals surface area (Å²) in [5.74, 6) is -1.46. The molecule has 180 valence electrons. The zero-order valence-corrected chi connectivity index (χ0v) is 19.7. The van der Waals surface area contributed by atoms with Crippen LogP contribution in [0.2, 0.25) is 5.02 Å². The molecule has 1 N–H and O–H groups in total. The van der Waals surface area contributed by atoms with Crippen LogP contribution >= 0.6 is 11.6 Å². The summed E-state index contributed by atoms with van der Waals surface area (Å²) in [5.41, 5.74) is 0.158. The number of rotatable bonds is 1. The molecule has 0 saturated heterocycles. The van der Waals surface area contributed by atoms with Crippen LogP contribution in [0, 0.1) is 11.6 Å². The first kappa shape index (κ1) is 23.1. The molecule has 0 aliphatic carbocycles. The van der Waals surface area contributed by atoms with E-state index in [1.165, 1.54) is 25.6 Å². The van der Waals surface area contributed by atoms with E-state index >= 15 is 0 Å². The maximum atomic E-state index is 14.8. The minimum atomic E-state index is -4.45. The minimum Gasteiger partial charge on any atom is -0.494 e. The van der Waals surface area contributed by atoms with Gasteiger partial charge in [-0.1, -0.05) is 29.8 Å². The molecular weight excluding hydrogens is 502 g/mol. The molecule has 0 radical (unpaired) electrons. The number of ether oxygens (including phenoxy) is 2. The van der Waals surface area contributed by atoms with Crippen LogP contribution in [0.15, 0.2) is 59.8 Å². The van der Waals surface area contributed by atoms with Crippen molar-refractivity contribution in [2.24, 2.45) is 0 Å². The van der Waals surface area contributed by atoms with E-state index in [-0.39, 0.29) is 34.4 Å². The van der Waals surface area contributed by atoms with E-state index in [9.17, 15) is 17.2 Å². The van der Waals surface area contributed by atoms with Crippen LogP contribution in [0.3, 0.4) is 0 Å². The lowest BCUT2D eigenvalue weighted by atomic mass is 10.0. The number of aromatic nitrogens is 3. The van der Waals surface area contributed by atoms with E-state index in [4.69, 9.17) is 21.1 Å². The normalized spacial score (nSPS) is 14.4. The number of nitrogens with zero attached hydrogens (tertiary/aromatic N) is 3. The Hall–Kier alpha value is -3.70. The Morgan fingerprint density at radius 3 is 2.71 bits per heavy atom. The number of sulfonamides is 1. The van der Waals surface area contributed by atoms with Crippen molar-refractivity contribution in [3.63, 3.8) is 0 Å². The molecule has 8 nitrogen and oxygen atoms in total. The lowest BCUT2D eigenvalue weighted by molar-refractivity contribution is 0.300. The number of halogens is 3. The van der Waals surface area contributed by atoms with Crippen LogP contribution in [-0.4, -0.2) is 36.9 Å². The second-order valence-corrected chi connectivity index (χ2v) is 9.66. The van der Waals surface area contributed by atoms with Gasteiger partial charge in [-0.05, 0) is 24.3 Å². The third-order valence-electron chi connectivity index (χ3n) is 5.44. The van der Waals surface area contributed by atoms with Gasteiger partial charge in [0.25, 0.3) is 10.0 Å². The third-order valence-corrected chi connectivity index (χ3v) is 7.10. The molecule has 0 spiro atoms. The topological polar surface area (TPSA) is 95.3 Å². The van der Waals surface area contributed by atoms with Crippen molar-refractivity contribution in [2.75, 3.05) is 18.4 Å². The molecule has 0 fully saturated rings. The Morgan fingerprint density at radius 1 is 1.11 bits per heavy atom. The number of anilines is 1. The molecule has 0 atom stereocenters. The van der Waals surface area contributed by atoms with E-state index in [1.54, 1.807) is 28.8 Å². The Labute approximate surface area is 204 Å². The van der Waals surface area contributed by atoms with Gasteiger partial charge in [-0.2, -0.15) is 0 Å². The van der Waals surface area contributed by atoms with E-state index < -0.39 is 27.3 Å². The first-order valence-electron chi connectivity index (χ1n) is 10.3. The minimum absolute atomic E-state index is 0.00633. The highest BCUT2D eigenvalue weighted by Crippen LogP contribution is 2.39. The van der Waals surface area contributed by atoms with Crippen LogP contribution in [0.25, 0.3) is 22.5 Å². The Morgan fingerprint density at radius 2 is 1.91 bits per heavy atom. The zero-order chi connectivity index (χ0) is 24.7. The highest BCUT2D eigenvalue weighted by atomic mass is 35.5. The van der Waals surface area contributed by atoms with Crippen molar-refractivity contribution >= 4 is 27.3 Å². The summed E-state index contributed by atoms with van der Waals surface area (Å²) >= 11 is 6.34. The van der Waals surface area contributed by atoms with Gasteiger partial charge in [0, 0.05) is 22.8 Å². The summed E-state index contributed by atoms with van der Waals surface area (Å²) in [6.45, 7) is 0.447. The first-order valence-corrected chi connectivity index (χ1v) is 12.1. The third kappa shape index (κ3) is 4.17. The van der Waals surface area contributed by atoms with Crippen molar-refractivity contribution in [3.05, 3.63) is 71.5 Å². The molecule has 3 aromatic carbocycles. The zero-order valence-electron chi connectivity index (χ0n) is 18.1. The molecule has 0 unspecified atom stereocenters. The van der Waals surface area contributed by atoms with Crippen molar-refractivity contribution in [1.29, 1.82) is 0 Å². The molecule has 1 aliphatic rings. The molecule has 4 aromatic rings. The second kappa shape index (κ2) is 8.82. The van der Waals surface area contributed by atoms with E-state index in [0.29, 0.717) is 28.8 Å². The van der Waals surface area contributed by atoms with Crippen LogP contribution in [0.4, 0.5) is 14.5 Å². The van der Waals surface area contributed by atoms with Crippen molar-refractivity contribution in [2.45, 2.75) is 11.4 Å². The summed E-state index contributed by atoms with van der Waals surface area (Å²) in [6, 6.07) is 11.1. The SMILES string of the molecule is COc1c(Cl)cc2cc1S(=O)(=O)Nc1cc(c(F)cc1F)-c1ccccc1OCCn1cnnc1-2. The van der Waals surface area contributed by atoms with E-state index in [1.807, 2.05) is 0 Å². The molecule has 0 amide bonds. The lowest BCUT2D eigenvalue weighted by Gasteiger charge is -2.16. The van der Waals surface area contributed by atoms with Gasteiger partial charge in [0.1, 0.15) is 35.2 Å². The molecule has 4 bridgehead atoms. The van der Waals surface area contributed by atoms with E-state index in [0.717, 1.165) is 6.07 Å². The number of nitrogens with one attached hydrogen (secondary N) is 1. The molecule has 1 aromatic heterocycles. The number of methoxy groups -OCH3 is 1. The smallest absolute Gasteiger partial charge is 0.265 e. The monoisotopic (exact) mass is 518 g/mol. The van der Waals surface area contributed by atoms with Gasteiger partial charge in [-0.15, -0.1) is 10.2 Å². The molecule has 5 rings (SSSR count). The second-order valence-electron chi connectivity index (χ2n) is 7.60. The molecular formula is C23H17ClF2N4O4S. The number of hydrogen-bond acceptors (Lipinski definition) is 6. The predicted octanol–water partition coefficient (Wildman–Crippen LogP) is 4.75. The van der Waals surface area contributed by atoms with Crippen LogP contribution in [-0.2, 0) is 16.6 Å². The van der Waals surface area contributed by atoms with Crippen molar-refractivity contribution < 1.29 is 26.7 Å². The maximum Gasteiger partial charge on any atom is 0.265 e. The van der Waals surface area contributed by atoms with Gasteiger partial charge in [0.2, 0.25) is 0 Å². The molecule has 35 heavy (non-hydrogen) atoms. The fourth-order valence-electron chi connectivity index (χ4n) is 3.84. The van der Waals surface area contributed by atoms with Crippen LogP contribution in [0.5, 0.6) is 11.5 Å². The largest absolute Gasteiger partial charge is 0.494 e. The first-order chi connectivity index (χ1) is 16.8. The van der Waals surface area contributed by atoms with Gasteiger partial charge < -0.3 is 14.0 Å². The summed E-state index contributed by atoms with van der Waals surface area (Å²) in [7, 11) is -3.19. The van der Waals surface area contributed by atoms with Gasteiger partial charge in [0.05, 0.1) is 24.4 Å². The average Bonchev–Trinajstić information content (AvgIpc) is 3.29. The summed E-state index contributed by atoms with van der Waals surface area (Å²) in [5, 5.41) is 8.00. The Bertz CT molecular complexity index is 1560.